The minimum atomic E-state index is -0.859. The van der Waals surface area contributed by atoms with E-state index < -0.39 is 35.4 Å². The Morgan fingerprint density at radius 1 is 1.44 bits per heavy atom. The lowest BCUT2D eigenvalue weighted by molar-refractivity contribution is -0.156. The van der Waals surface area contributed by atoms with Crippen molar-refractivity contribution in [2.45, 2.75) is 49.6 Å². The predicted octanol–water partition coefficient (Wildman–Crippen LogP) is 1.74. The molecule has 1 aromatic rings. The van der Waals surface area contributed by atoms with Crippen molar-refractivity contribution in [3.05, 3.63) is 24.2 Å². The highest BCUT2D eigenvalue weighted by molar-refractivity contribution is 7.99. The molecule has 0 spiro atoms. The molecule has 0 radical (unpaired) electrons. The Bertz CT molecular complexity index is 752. The van der Waals surface area contributed by atoms with Gasteiger partial charge in [-0.25, -0.2) is 4.79 Å². The molecule has 0 unspecified atom stereocenters. The van der Waals surface area contributed by atoms with Crippen molar-refractivity contribution < 1.29 is 23.5 Å². The van der Waals surface area contributed by atoms with Crippen LogP contribution in [0.25, 0.3) is 0 Å². The van der Waals surface area contributed by atoms with Crippen LogP contribution < -0.4 is 5.32 Å². The molecular formula is C18H21N3O5S. The highest BCUT2D eigenvalue weighted by Gasteiger charge is 2.43. The second-order valence-corrected chi connectivity index (χ2v) is 7.81. The van der Waals surface area contributed by atoms with Crippen LogP contribution in [-0.2, 0) is 19.1 Å². The number of hydrogen-bond acceptors (Lipinski definition) is 7. The number of carbonyl (C=O) groups is 3. The molecule has 2 aliphatic rings. The minimum Gasteiger partial charge on any atom is -0.466 e. The number of nitrogens with one attached hydrogen (secondary N) is 1. The Labute approximate surface area is 161 Å². The van der Waals surface area contributed by atoms with Gasteiger partial charge in [-0.15, -0.1) is 11.8 Å². The molecule has 1 aromatic heterocycles. The van der Waals surface area contributed by atoms with Crippen LogP contribution in [-0.4, -0.2) is 46.6 Å². The molecule has 0 aromatic carbocycles. The number of ether oxygens (including phenoxy) is 1. The van der Waals surface area contributed by atoms with Gasteiger partial charge in [-0.3, -0.25) is 9.59 Å². The largest absolute Gasteiger partial charge is 0.466 e. The third-order valence-electron chi connectivity index (χ3n) is 4.82. The van der Waals surface area contributed by atoms with Crippen molar-refractivity contribution in [1.29, 1.82) is 5.26 Å². The molecule has 2 atom stereocenters. The van der Waals surface area contributed by atoms with E-state index in [9.17, 15) is 19.6 Å². The standard InChI is InChI=1S/C18H21N3O5S/c1-12(22)21-13(10-27-16(21)14-5-4-8-25-14)17(24)26-9-15(23)20-18(11-19)6-2-3-7-18/h4-5,8,13,16H,2-3,6-7,9-10H2,1H3,(H,20,23)/t13-,16+/m0/s1. The molecule has 2 amide bonds. The first kappa shape index (κ1) is 19.3. The van der Waals surface area contributed by atoms with Crippen LogP contribution in [0.4, 0.5) is 0 Å². The lowest BCUT2D eigenvalue weighted by Gasteiger charge is -2.26. The van der Waals surface area contributed by atoms with E-state index >= 15 is 0 Å². The summed E-state index contributed by atoms with van der Waals surface area (Å²) < 4.78 is 10.5. The van der Waals surface area contributed by atoms with Crippen molar-refractivity contribution in [2.75, 3.05) is 12.4 Å². The lowest BCUT2D eigenvalue weighted by Crippen LogP contribution is -2.48. The lowest BCUT2D eigenvalue weighted by atomic mass is 10.00. The van der Waals surface area contributed by atoms with Crippen LogP contribution in [0.2, 0.25) is 0 Å². The summed E-state index contributed by atoms with van der Waals surface area (Å²) in [5.41, 5.74) is -0.859. The highest BCUT2D eigenvalue weighted by Crippen LogP contribution is 2.41. The summed E-state index contributed by atoms with van der Waals surface area (Å²) in [7, 11) is 0. The van der Waals surface area contributed by atoms with E-state index in [1.54, 1.807) is 12.1 Å². The number of hydrogen-bond donors (Lipinski definition) is 1. The molecule has 2 fully saturated rings. The molecule has 1 N–H and O–H groups in total. The molecule has 0 bridgehead atoms. The van der Waals surface area contributed by atoms with Gasteiger partial charge in [-0.1, -0.05) is 0 Å². The van der Waals surface area contributed by atoms with Crippen molar-refractivity contribution >= 4 is 29.5 Å². The van der Waals surface area contributed by atoms with Gasteiger partial charge in [0.1, 0.15) is 22.7 Å². The summed E-state index contributed by atoms with van der Waals surface area (Å²) in [4.78, 5) is 38.0. The van der Waals surface area contributed by atoms with Crippen LogP contribution in [0.15, 0.2) is 22.8 Å². The van der Waals surface area contributed by atoms with Crippen molar-refractivity contribution in [3.63, 3.8) is 0 Å². The van der Waals surface area contributed by atoms with E-state index in [0.29, 0.717) is 24.4 Å². The number of nitriles is 1. The maximum atomic E-state index is 12.5. The molecule has 144 valence electrons. The zero-order chi connectivity index (χ0) is 19.4. The van der Waals surface area contributed by atoms with E-state index in [0.717, 1.165) is 12.8 Å². The first-order chi connectivity index (χ1) is 13.0. The van der Waals surface area contributed by atoms with Crippen LogP contribution in [0.1, 0.15) is 43.7 Å². The molecule has 3 rings (SSSR count). The van der Waals surface area contributed by atoms with Gasteiger partial charge >= 0.3 is 5.97 Å². The van der Waals surface area contributed by atoms with Gasteiger partial charge < -0.3 is 19.4 Å². The van der Waals surface area contributed by atoms with Gasteiger partial charge in [0.2, 0.25) is 5.91 Å². The van der Waals surface area contributed by atoms with Crippen molar-refractivity contribution in [3.8, 4) is 6.07 Å². The molecule has 2 heterocycles. The summed E-state index contributed by atoms with van der Waals surface area (Å²) in [5.74, 6) is -0.482. The molecule has 1 aliphatic carbocycles. The predicted molar refractivity (Wildman–Crippen MR) is 96.1 cm³/mol. The van der Waals surface area contributed by atoms with Crippen LogP contribution in [0.5, 0.6) is 0 Å². The summed E-state index contributed by atoms with van der Waals surface area (Å²) in [5, 5.41) is 11.6. The summed E-state index contributed by atoms with van der Waals surface area (Å²) in [6.45, 7) is 0.909. The molecule has 1 saturated carbocycles. The smallest absolute Gasteiger partial charge is 0.330 e. The average Bonchev–Trinajstić information content (AvgIpc) is 3.38. The average molecular weight is 391 g/mol. The van der Waals surface area contributed by atoms with E-state index in [1.165, 1.54) is 29.8 Å². The number of furan rings is 1. The summed E-state index contributed by atoms with van der Waals surface area (Å²) in [6, 6.07) is 4.84. The minimum absolute atomic E-state index is 0.276. The third kappa shape index (κ3) is 4.11. The highest BCUT2D eigenvalue weighted by atomic mass is 32.2. The fraction of sp³-hybridized carbons (Fsp3) is 0.556. The molecular weight excluding hydrogens is 370 g/mol. The Kier molecular flexibility index (Phi) is 5.75. The Morgan fingerprint density at radius 2 is 2.19 bits per heavy atom. The van der Waals surface area contributed by atoms with Gasteiger partial charge in [-0.2, -0.15) is 5.26 Å². The quantitative estimate of drug-likeness (QED) is 0.761. The molecule has 1 aliphatic heterocycles. The first-order valence-corrected chi connectivity index (χ1v) is 9.83. The Hall–Kier alpha value is -2.47. The number of nitrogens with zero attached hydrogens (tertiary/aromatic N) is 2. The number of thioether (sulfide) groups is 1. The van der Waals surface area contributed by atoms with Crippen molar-refractivity contribution in [1.82, 2.24) is 10.2 Å². The number of rotatable bonds is 5. The maximum Gasteiger partial charge on any atom is 0.330 e. The van der Waals surface area contributed by atoms with Gasteiger partial charge in [0.15, 0.2) is 6.61 Å². The second-order valence-electron chi connectivity index (χ2n) is 6.70. The molecule has 27 heavy (non-hydrogen) atoms. The van der Waals surface area contributed by atoms with Gasteiger partial charge in [0.25, 0.3) is 5.91 Å². The number of amides is 2. The van der Waals surface area contributed by atoms with E-state index in [4.69, 9.17) is 9.15 Å². The SMILES string of the molecule is CC(=O)N1[C@@H](c2ccco2)SC[C@H]1C(=O)OCC(=O)NC1(C#N)CCCC1. The van der Waals surface area contributed by atoms with Crippen molar-refractivity contribution in [2.24, 2.45) is 0 Å². The molecule has 8 nitrogen and oxygen atoms in total. The first-order valence-electron chi connectivity index (χ1n) is 8.78. The fourth-order valence-electron chi connectivity index (χ4n) is 3.50. The zero-order valence-corrected chi connectivity index (χ0v) is 15.8. The third-order valence-corrected chi connectivity index (χ3v) is 6.10. The second kappa shape index (κ2) is 8.05. The Balaban J connectivity index is 1.58. The van der Waals surface area contributed by atoms with Gasteiger partial charge in [0, 0.05) is 12.7 Å². The summed E-state index contributed by atoms with van der Waals surface area (Å²) >= 11 is 1.40. The van der Waals surface area contributed by atoms with Crippen LogP contribution in [0, 0.1) is 11.3 Å². The van der Waals surface area contributed by atoms with Crippen LogP contribution in [0.3, 0.4) is 0 Å². The van der Waals surface area contributed by atoms with Gasteiger partial charge in [-0.05, 0) is 37.8 Å². The summed E-state index contributed by atoms with van der Waals surface area (Å²) in [6.07, 6.45) is 4.48. The van der Waals surface area contributed by atoms with E-state index in [-0.39, 0.29) is 5.91 Å². The van der Waals surface area contributed by atoms with Crippen LogP contribution >= 0.6 is 11.8 Å². The topological polar surface area (TPSA) is 113 Å². The van der Waals surface area contributed by atoms with E-state index in [2.05, 4.69) is 11.4 Å². The Morgan fingerprint density at radius 3 is 2.78 bits per heavy atom. The number of esters is 1. The number of carbonyl (C=O) groups excluding carboxylic acids is 3. The van der Waals surface area contributed by atoms with E-state index in [1.807, 2.05) is 0 Å². The molecule has 1 saturated heterocycles. The normalized spacial score (nSPS) is 23.6. The maximum absolute atomic E-state index is 12.5. The monoisotopic (exact) mass is 391 g/mol. The fourth-order valence-corrected chi connectivity index (χ4v) is 4.92. The van der Waals surface area contributed by atoms with Gasteiger partial charge in [0.05, 0.1) is 12.3 Å². The molecule has 9 heteroatoms. The zero-order valence-electron chi connectivity index (χ0n) is 15.0.